The van der Waals surface area contributed by atoms with Crippen molar-refractivity contribution in [3.63, 3.8) is 0 Å². The van der Waals surface area contributed by atoms with Crippen molar-refractivity contribution in [1.29, 1.82) is 0 Å². The average molecular weight is 304 g/mol. The van der Waals surface area contributed by atoms with E-state index in [0.717, 1.165) is 12.1 Å². The van der Waals surface area contributed by atoms with Crippen LogP contribution in [0.4, 0.5) is 5.69 Å². The molecule has 22 heavy (non-hydrogen) atoms. The van der Waals surface area contributed by atoms with Crippen LogP contribution in [0.25, 0.3) is 0 Å². The van der Waals surface area contributed by atoms with Gasteiger partial charge < -0.3 is 14.9 Å². The van der Waals surface area contributed by atoms with Crippen LogP contribution in [-0.4, -0.2) is 46.9 Å². The third-order valence-electron chi connectivity index (χ3n) is 3.69. The highest BCUT2D eigenvalue weighted by Crippen LogP contribution is 2.22. The minimum atomic E-state index is -1.04. The number of nitrogens with zero attached hydrogens (tertiary/aromatic N) is 2. The van der Waals surface area contributed by atoms with Gasteiger partial charge in [-0.25, -0.2) is 0 Å². The number of carbonyl (C=O) groups is 3. The highest BCUT2D eigenvalue weighted by atomic mass is 16.4. The minimum absolute atomic E-state index is 0.0914. The molecule has 118 valence electrons. The number of anilines is 1. The van der Waals surface area contributed by atoms with Crippen LogP contribution in [0.1, 0.15) is 37.0 Å². The molecule has 6 nitrogen and oxygen atoms in total. The zero-order valence-corrected chi connectivity index (χ0v) is 12.8. The van der Waals surface area contributed by atoms with Crippen LogP contribution in [0.2, 0.25) is 0 Å². The van der Waals surface area contributed by atoms with E-state index in [1.54, 1.807) is 43.0 Å². The minimum Gasteiger partial charge on any atom is -0.480 e. The van der Waals surface area contributed by atoms with E-state index in [1.807, 2.05) is 0 Å². The predicted octanol–water partition coefficient (Wildman–Crippen LogP) is 1.75. The maximum Gasteiger partial charge on any atom is 0.323 e. The van der Waals surface area contributed by atoms with Gasteiger partial charge in [-0.05, 0) is 44.5 Å². The lowest BCUT2D eigenvalue weighted by Crippen LogP contribution is -2.40. The molecule has 0 aromatic heterocycles. The molecule has 1 aromatic carbocycles. The van der Waals surface area contributed by atoms with Crippen LogP contribution in [-0.2, 0) is 9.59 Å². The van der Waals surface area contributed by atoms with Gasteiger partial charge in [-0.1, -0.05) is 0 Å². The zero-order chi connectivity index (χ0) is 16.3. The molecule has 1 fully saturated rings. The summed E-state index contributed by atoms with van der Waals surface area (Å²) in [4.78, 5) is 38.0. The summed E-state index contributed by atoms with van der Waals surface area (Å²) in [7, 11) is 0. The normalized spacial score (nSPS) is 14.5. The fourth-order valence-corrected chi connectivity index (χ4v) is 2.51. The van der Waals surface area contributed by atoms with Crippen molar-refractivity contribution in [2.24, 2.45) is 0 Å². The number of carbonyl (C=O) groups excluding carboxylic acids is 2. The van der Waals surface area contributed by atoms with E-state index >= 15 is 0 Å². The molecule has 0 saturated carbocycles. The summed E-state index contributed by atoms with van der Waals surface area (Å²) in [5.41, 5.74) is 1.19. The van der Waals surface area contributed by atoms with Crippen molar-refractivity contribution < 1.29 is 19.5 Å². The molecule has 6 heteroatoms. The van der Waals surface area contributed by atoms with Crippen molar-refractivity contribution in [1.82, 2.24) is 4.90 Å². The molecule has 1 saturated heterocycles. The monoisotopic (exact) mass is 304 g/mol. The lowest BCUT2D eigenvalue weighted by atomic mass is 10.1. The second-order valence-electron chi connectivity index (χ2n) is 5.62. The SMILES string of the molecule is CC(C)N(CC(=O)O)C(=O)c1ccc(N2CCCC2=O)cc1. The van der Waals surface area contributed by atoms with Gasteiger partial charge >= 0.3 is 5.97 Å². The Kier molecular flexibility index (Phi) is 4.80. The third-order valence-corrected chi connectivity index (χ3v) is 3.69. The van der Waals surface area contributed by atoms with Gasteiger partial charge in [-0.2, -0.15) is 0 Å². The first-order valence-electron chi connectivity index (χ1n) is 7.33. The van der Waals surface area contributed by atoms with Crippen LogP contribution in [0.5, 0.6) is 0 Å². The Balaban J connectivity index is 2.16. The van der Waals surface area contributed by atoms with Crippen LogP contribution < -0.4 is 4.90 Å². The smallest absolute Gasteiger partial charge is 0.323 e. The van der Waals surface area contributed by atoms with E-state index in [4.69, 9.17) is 5.11 Å². The van der Waals surface area contributed by atoms with Crippen molar-refractivity contribution in [3.05, 3.63) is 29.8 Å². The number of rotatable bonds is 5. The zero-order valence-electron chi connectivity index (χ0n) is 12.8. The summed E-state index contributed by atoms with van der Waals surface area (Å²) in [5, 5.41) is 8.91. The van der Waals surface area contributed by atoms with Crippen molar-refractivity contribution in [2.45, 2.75) is 32.7 Å². The van der Waals surface area contributed by atoms with E-state index in [-0.39, 0.29) is 24.4 Å². The Hall–Kier alpha value is -2.37. The third kappa shape index (κ3) is 3.44. The van der Waals surface area contributed by atoms with E-state index in [2.05, 4.69) is 0 Å². The Morgan fingerprint density at radius 2 is 1.91 bits per heavy atom. The van der Waals surface area contributed by atoms with Crippen LogP contribution in [0.3, 0.4) is 0 Å². The lowest BCUT2D eigenvalue weighted by molar-refractivity contribution is -0.138. The second-order valence-corrected chi connectivity index (χ2v) is 5.62. The Labute approximate surface area is 129 Å². The summed E-state index contributed by atoms with van der Waals surface area (Å²) >= 11 is 0. The Bertz CT molecular complexity index is 580. The summed E-state index contributed by atoms with van der Waals surface area (Å²) in [5.74, 6) is -1.27. The van der Waals surface area contributed by atoms with E-state index < -0.39 is 5.97 Å². The number of benzene rings is 1. The molecule has 1 aliphatic rings. The van der Waals surface area contributed by atoms with Crippen molar-refractivity contribution in [2.75, 3.05) is 18.0 Å². The molecule has 1 aromatic rings. The molecule has 1 heterocycles. The summed E-state index contributed by atoms with van der Waals surface area (Å²) in [6.07, 6.45) is 1.40. The van der Waals surface area contributed by atoms with E-state index in [1.165, 1.54) is 4.90 Å². The number of hydrogen-bond acceptors (Lipinski definition) is 3. The van der Waals surface area contributed by atoms with Gasteiger partial charge in [-0.3, -0.25) is 14.4 Å². The molecule has 1 N–H and O–H groups in total. The lowest BCUT2D eigenvalue weighted by Gasteiger charge is -2.25. The quantitative estimate of drug-likeness (QED) is 0.899. The highest BCUT2D eigenvalue weighted by molar-refractivity contribution is 5.98. The maximum absolute atomic E-state index is 12.4. The largest absolute Gasteiger partial charge is 0.480 e. The second kappa shape index (κ2) is 6.60. The fourth-order valence-electron chi connectivity index (χ4n) is 2.51. The van der Waals surface area contributed by atoms with Crippen LogP contribution in [0.15, 0.2) is 24.3 Å². The van der Waals surface area contributed by atoms with E-state index in [9.17, 15) is 14.4 Å². The van der Waals surface area contributed by atoms with Crippen molar-refractivity contribution >= 4 is 23.5 Å². The van der Waals surface area contributed by atoms with E-state index in [0.29, 0.717) is 18.5 Å². The molecule has 1 aliphatic heterocycles. The first-order chi connectivity index (χ1) is 10.4. The molecule has 2 amide bonds. The van der Waals surface area contributed by atoms with Gasteiger partial charge in [-0.15, -0.1) is 0 Å². The molecular formula is C16H20N2O4. The van der Waals surface area contributed by atoms with Gasteiger partial charge in [0.1, 0.15) is 6.54 Å². The average Bonchev–Trinajstić information content (AvgIpc) is 2.90. The molecule has 0 atom stereocenters. The van der Waals surface area contributed by atoms with Gasteiger partial charge in [0.2, 0.25) is 5.91 Å². The standard InChI is InChI=1S/C16H20N2O4/c1-11(2)18(10-15(20)21)16(22)12-5-7-13(8-6-12)17-9-3-4-14(17)19/h5-8,11H,3-4,9-10H2,1-2H3,(H,20,21). The number of aliphatic carboxylic acids is 1. The van der Waals surface area contributed by atoms with Gasteiger partial charge in [0.15, 0.2) is 0 Å². The molecular weight excluding hydrogens is 284 g/mol. The molecule has 0 aliphatic carbocycles. The maximum atomic E-state index is 12.4. The number of carboxylic acid groups (broad SMARTS) is 1. The Morgan fingerprint density at radius 3 is 2.36 bits per heavy atom. The fraction of sp³-hybridized carbons (Fsp3) is 0.438. The topological polar surface area (TPSA) is 77.9 Å². The predicted molar refractivity (Wildman–Crippen MR) is 81.8 cm³/mol. The first kappa shape index (κ1) is 16.0. The Morgan fingerprint density at radius 1 is 1.27 bits per heavy atom. The van der Waals surface area contributed by atoms with Gasteiger partial charge in [0.05, 0.1) is 0 Å². The van der Waals surface area contributed by atoms with Gasteiger partial charge in [0, 0.05) is 30.3 Å². The molecule has 0 radical (unpaired) electrons. The molecule has 0 spiro atoms. The summed E-state index contributed by atoms with van der Waals surface area (Å²) in [6, 6.07) is 6.54. The van der Waals surface area contributed by atoms with Gasteiger partial charge in [0.25, 0.3) is 5.91 Å². The molecule has 2 rings (SSSR count). The molecule has 0 unspecified atom stereocenters. The molecule has 0 bridgehead atoms. The van der Waals surface area contributed by atoms with Crippen LogP contribution >= 0.6 is 0 Å². The van der Waals surface area contributed by atoms with Crippen molar-refractivity contribution in [3.8, 4) is 0 Å². The highest BCUT2D eigenvalue weighted by Gasteiger charge is 2.24. The summed E-state index contributed by atoms with van der Waals surface area (Å²) in [6.45, 7) is 3.92. The first-order valence-corrected chi connectivity index (χ1v) is 7.33. The van der Waals surface area contributed by atoms with Crippen LogP contribution in [0, 0.1) is 0 Å². The summed E-state index contributed by atoms with van der Waals surface area (Å²) < 4.78 is 0. The number of amides is 2. The number of hydrogen-bond donors (Lipinski definition) is 1. The number of carboxylic acids is 1.